The van der Waals surface area contributed by atoms with E-state index in [1.165, 1.54) is 25.3 Å². The maximum Gasteiger partial charge on any atom is 0.308 e. The van der Waals surface area contributed by atoms with Gasteiger partial charge in [-0.25, -0.2) is 4.39 Å². The highest BCUT2D eigenvalue weighted by atomic mass is 127. The number of hydrogen-bond acceptors (Lipinski definition) is 3. The maximum absolute atomic E-state index is 13.9. The van der Waals surface area contributed by atoms with Gasteiger partial charge >= 0.3 is 5.69 Å². The van der Waals surface area contributed by atoms with Crippen molar-refractivity contribution in [3.05, 3.63) is 66.8 Å². The molecular formula is C14H10F2INO3. The Kier molecular flexibility index (Phi) is 4.71. The lowest BCUT2D eigenvalue weighted by molar-refractivity contribution is -0.388. The van der Waals surface area contributed by atoms with E-state index < -0.39 is 22.2 Å². The minimum absolute atomic E-state index is 0.0666. The third-order valence-corrected chi connectivity index (χ3v) is 3.60. The monoisotopic (exact) mass is 405 g/mol. The normalized spacial score (nSPS) is 10.5. The Bertz CT molecular complexity index is 707. The average molecular weight is 405 g/mol. The van der Waals surface area contributed by atoms with E-state index in [2.05, 4.69) is 0 Å². The molecule has 110 valence electrons. The molecule has 2 aromatic rings. The Morgan fingerprint density at radius 2 is 1.90 bits per heavy atom. The Labute approximate surface area is 133 Å². The predicted molar refractivity (Wildman–Crippen MR) is 81.5 cm³/mol. The molecule has 0 bridgehead atoms. The van der Waals surface area contributed by atoms with Crippen molar-refractivity contribution in [3.63, 3.8) is 0 Å². The number of nitro benzene ring substituents is 1. The topological polar surface area (TPSA) is 52.4 Å². The molecule has 0 N–H and O–H groups in total. The van der Waals surface area contributed by atoms with Crippen LogP contribution in [0.15, 0.2) is 30.3 Å². The van der Waals surface area contributed by atoms with Crippen LogP contribution in [0.1, 0.15) is 11.1 Å². The van der Waals surface area contributed by atoms with Crippen LogP contribution in [0.25, 0.3) is 0 Å². The van der Waals surface area contributed by atoms with Crippen LogP contribution in [0.4, 0.5) is 14.5 Å². The van der Waals surface area contributed by atoms with E-state index in [0.29, 0.717) is 3.57 Å². The molecule has 0 radical (unpaired) electrons. The summed E-state index contributed by atoms with van der Waals surface area (Å²) in [6, 6.07) is 6.81. The summed E-state index contributed by atoms with van der Waals surface area (Å²) < 4.78 is 33.3. The molecule has 0 aliphatic rings. The highest BCUT2D eigenvalue weighted by Crippen LogP contribution is 2.30. The SMILES string of the molecule is COc1cc(F)c([N+](=O)[O-])c(Cc2ccc(I)cc2F)c1. The van der Waals surface area contributed by atoms with Crippen molar-refractivity contribution in [1.29, 1.82) is 0 Å². The second kappa shape index (κ2) is 6.33. The molecule has 0 atom stereocenters. The van der Waals surface area contributed by atoms with Gasteiger partial charge in [-0.05, 0) is 46.4 Å². The van der Waals surface area contributed by atoms with Gasteiger partial charge in [0, 0.05) is 21.6 Å². The maximum atomic E-state index is 13.9. The van der Waals surface area contributed by atoms with Crippen molar-refractivity contribution in [2.24, 2.45) is 0 Å². The summed E-state index contributed by atoms with van der Waals surface area (Å²) in [7, 11) is 1.33. The zero-order valence-electron chi connectivity index (χ0n) is 10.9. The van der Waals surface area contributed by atoms with Gasteiger partial charge in [0.05, 0.1) is 12.0 Å². The summed E-state index contributed by atoms with van der Waals surface area (Å²) in [5, 5.41) is 11.0. The molecule has 0 fully saturated rings. The molecule has 0 amide bonds. The van der Waals surface area contributed by atoms with Gasteiger partial charge in [0.1, 0.15) is 11.6 Å². The molecule has 21 heavy (non-hydrogen) atoms. The zero-order chi connectivity index (χ0) is 15.6. The summed E-state index contributed by atoms with van der Waals surface area (Å²) in [5.74, 6) is -1.33. The molecule has 0 aliphatic carbocycles. The minimum Gasteiger partial charge on any atom is -0.497 e. The molecule has 0 spiro atoms. The number of hydrogen-bond donors (Lipinski definition) is 0. The van der Waals surface area contributed by atoms with Crippen molar-refractivity contribution >= 4 is 28.3 Å². The molecule has 0 unspecified atom stereocenters. The summed E-state index contributed by atoms with van der Waals surface area (Å²) in [6.45, 7) is 0. The number of nitrogens with zero attached hydrogens (tertiary/aromatic N) is 1. The Hall–Kier alpha value is -1.77. The van der Waals surface area contributed by atoms with Crippen LogP contribution >= 0.6 is 22.6 Å². The first-order valence-corrected chi connectivity index (χ1v) is 6.95. The molecule has 0 saturated heterocycles. The highest BCUT2D eigenvalue weighted by molar-refractivity contribution is 14.1. The number of rotatable bonds is 4. The van der Waals surface area contributed by atoms with Crippen molar-refractivity contribution in [3.8, 4) is 5.75 Å². The number of ether oxygens (including phenoxy) is 1. The van der Waals surface area contributed by atoms with Gasteiger partial charge < -0.3 is 4.74 Å². The number of halogens is 3. The predicted octanol–water partition coefficient (Wildman–Crippen LogP) is 4.08. The second-order valence-corrected chi connectivity index (χ2v) is 5.53. The fourth-order valence-corrected chi connectivity index (χ4v) is 2.41. The second-order valence-electron chi connectivity index (χ2n) is 4.29. The van der Waals surface area contributed by atoms with Crippen LogP contribution in [-0.4, -0.2) is 12.0 Å². The largest absolute Gasteiger partial charge is 0.497 e. The fourth-order valence-electron chi connectivity index (χ4n) is 1.96. The van der Waals surface area contributed by atoms with E-state index in [0.717, 1.165) is 6.07 Å². The van der Waals surface area contributed by atoms with Crippen LogP contribution < -0.4 is 4.74 Å². The van der Waals surface area contributed by atoms with Crippen LogP contribution in [0.5, 0.6) is 5.75 Å². The zero-order valence-corrected chi connectivity index (χ0v) is 13.1. The van der Waals surface area contributed by atoms with E-state index in [9.17, 15) is 18.9 Å². The Morgan fingerprint density at radius 1 is 1.19 bits per heavy atom. The molecule has 4 nitrogen and oxygen atoms in total. The van der Waals surface area contributed by atoms with Crippen LogP contribution in [0, 0.1) is 25.3 Å². The van der Waals surface area contributed by atoms with E-state index >= 15 is 0 Å². The van der Waals surface area contributed by atoms with Gasteiger partial charge in [0.15, 0.2) is 0 Å². The van der Waals surface area contributed by atoms with Crippen molar-refractivity contribution < 1.29 is 18.4 Å². The molecule has 0 aromatic heterocycles. The fraction of sp³-hybridized carbons (Fsp3) is 0.143. The molecule has 0 aliphatic heterocycles. The lowest BCUT2D eigenvalue weighted by Gasteiger charge is -2.08. The summed E-state index contributed by atoms with van der Waals surface area (Å²) >= 11 is 1.96. The van der Waals surface area contributed by atoms with E-state index in [1.807, 2.05) is 22.6 Å². The third-order valence-electron chi connectivity index (χ3n) is 2.93. The quantitative estimate of drug-likeness (QED) is 0.438. The van der Waals surface area contributed by atoms with E-state index in [-0.39, 0.29) is 23.3 Å². The average Bonchev–Trinajstić information content (AvgIpc) is 2.40. The van der Waals surface area contributed by atoms with Crippen molar-refractivity contribution in [2.45, 2.75) is 6.42 Å². The standard InChI is InChI=1S/C14H10F2INO3/c1-21-11-5-9(14(18(19)20)13(16)7-11)4-8-2-3-10(17)6-12(8)15/h2-3,5-7H,4H2,1H3. The molecule has 0 saturated carbocycles. The molecule has 2 aromatic carbocycles. The Morgan fingerprint density at radius 3 is 2.48 bits per heavy atom. The highest BCUT2D eigenvalue weighted by Gasteiger charge is 2.23. The van der Waals surface area contributed by atoms with Gasteiger partial charge in [-0.2, -0.15) is 4.39 Å². The lowest BCUT2D eigenvalue weighted by atomic mass is 10.0. The van der Waals surface area contributed by atoms with Crippen molar-refractivity contribution in [2.75, 3.05) is 7.11 Å². The molecule has 2 rings (SSSR count). The smallest absolute Gasteiger partial charge is 0.308 e. The van der Waals surface area contributed by atoms with E-state index in [4.69, 9.17) is 4.74 Å². The number of nitro groups is 1. The van der Waals surface area contributed by atoms with Gasteiger partial charge in [0.25, 0.3) is 0 Å². The first-order chi connectivity index (χ1) is 9.92. The summed E-state index contributed by atoms with van der Waals surface area (Å²) in [5.41, 5.74) is -0.336. The minimum atomic E-state index is -1.000. The molecule has 7 heteroatoms. The van der Waals surface area contributed by atoms with Gasteiger partial charge in [-0.3, -0.25) is 10.1 Å². The van der Waals surface area contributed by atoms with Gasteiger partial charge in [-0.1, -0.05) is 6.07 Å². The third kappa shape index (κ3) is 3.46. The lowest BCUT2D eigenvalue weighted by Crippen LogP contribution is -2.02. The number of benzene rings is 2. The van der Waals surface area contributed by atoms with Gasteiger partial charge in [-0.15, -0.1) is 0 Å². The van der Waals surface area contributed by atoms with Gasteiger partial charge in [0.2, 0.25) is 5.82 Å². The van der Waals surface area contributed by atoms with Crippen LogP contribution in [-0.2, 0) is 6.42 Å². The first-order valence-electron chi connectivity index (χ1n) is 5.87. The van der Waals surface area contributed by atoms with Crippen LogP contribution in [0.2, 0.25) is 0 Å². The summed E-state index contributed by atoms with van der Waals surface area (Å²) in [4.78, 5) is 10.2. The molecular weight excluding hydrogens is 395 g/mol. The first kappa shape index (κ1) is 15.6. The summed E-state index contributed by atoms with van der Waals surface area (Å²) in [6.07, 6.45) is -0.0901. The Balaban J connectivity index is 2.51. The van der Waals surface area contributed by atoms with E-state index in [1.54, 1.807) is 6.07 Å². The molecule has 0 heterocycles. The van der Waals surface area contributed by atoms with Crippen molar-refractivity contribution in [1.82, 2.24) is 0 Å². The number of methoxy groups -OCH3 is 1. The van der Waals surface area contributed by atoms with Crippen LogP contribution in [0.3, 0.4) is 0 Å².